The second-order valence-corrected chi connectivity index (χ2v) is 8.18. The van der Waals surface area contributed by atoms with Crippen LogP contribution in [0.4, 0.5) is 0 Å². The summed E-state index contributed by atoms with van der Waals surface area (Å²) in [6.45, 7) is 12.2. The molecule has 2 rings (SSSR count). The molecule has 5 heteroatoms. The molecule has 0 aliphatic carbocycles. The molecule has 0 aromatic heterocycles. The molecule has 124 valence electrons. The Morgan fingerprint density at radius 3 is 2.43 bits per heavy atom. The van der Waals surface area contributed by atoms with Crippen LogP contribution in [0, 0.1) is 5.92 Å². The van der Waals surface area contributed by atoms with Crippen LogP contribution >= 0.6 is 0 Å². The van der Waals surface area contributed by atoms with Crippen LogP contribution in [-0.2, 0) is 4.74 Å². The number of likely N-dealkylation sites (N-methyl/N-ethyl adjacent to an activating group) is 2. The highest BCUT2D eigenvalue weighted by molar-refractivity contribution is 5.00. The van der Waals surface area contributed by atoms with Crippen molar-refractivity contribution in [3.63, 3.8) is 0 Å². The van der Waals surface area contributed by atoms with Gasteiger partial charge in [0, 0.05) is 37.6 Å². The monoisotopic (exact) mass is 298 g/mol. The summed E-state index contributed by atoms with van der Waals surface area (Å²) >= 11 is 0. The van der Waals surface area contributed by atoms with E-state index in [4.69, 9.17) is 10.6 Å². The third-order valence-electron chi connectivity index (χ3n) is 5.35. The van der Waals surface area contributed by atoms with E-state index in [1.165, 1.54) is 0 Å². The van der Waals surface area contributed by atoms with Crippen molar-refractivity contribution >= 4 is 0 Å². The molecule has 5 nitrogen and oxygen atoms in total. The molecular weight excluding hydrogens is 264 g/mol. The molecule has 0 saturated carbocycles. The molecule has 2 fully saturated rings. The number of piperazine rings is 1. The molecule has 2 aliphatic heterocycles. The first-order chi connectivity index (χ1) is 9.64. The van der Waals surface area contributed by atoms with Crippen molar-refractivity contribution in [2.24, 2.45) is 11.8 Å². The van der Waals surface area contributed by atoms with E-state index in [0.717, 1.165) is 32.5 Å². The van der Waals surface area contributed by atoms with Gasteiger partial charge in [-0.25, -0.2) is 0 Å². The number of nitrogens with one attached hydrogen (secondary N) is 1. The third kappa shape index (κ3) is 3.96. The van der Waals surface area contributed by atoms with Crippen LogP contribution in [0.2, 0.25) is 0 Å². The fourth-order valence-electron chi connectivity index (χ4n) is 4.23. The molecule has 0 bridgehead atoms. The summed E-state index contributed by atoms with van der Waals surface area (Å²) in [5.41, 5.74) is 2.91. The fourth-order valence-corrected chi connectivity index (χ4v) is 4.23. The number of hydrogen-bond acceptors (Lipinski definition) is 5. The van der Waals surface area contributed by atoms with Crippen LogP contribution in [0.3, 0.4) is 0 Å². The average molecular weight is 298 g/mol. The van der Waals surface area contributed by atoms with Crippen molar-refractivity contribution in [3.8, 4) is 0 Å². The lowest BCUT2D eigenvalue weighted by atomic mass is 9.79. The summed E-state index contributed by atoms with van der Waals surface area (Å²) in [6.07, 6.45) is 2.13. The Labute approximate surface area is 130 Å². The van der Waals surface area contributed by atoms with Crippen molar-refractivity contribution < 1.29 is 4.74 Å². The van der Waals surface area contributed by atoms with E-state index in [-0.39, 0.29) is 11.2 Å². The van der Waals surface area contributed by atoms with Crippen LogP contribution in [0.15, 0.2) is 0 Å². The van der Waals surface area contributed by atoms with Crippen LogP contribution < -0.4 is 11.3 Å². The van der Waals surface area contributed by atoms with Gasteiger partial charge in [-0.05, 0) is 54.6 Å². The Kier molecular flexibility index (Phi) is 5.01. The van der Waals surface area contributed by atoms with Gasteiger partial charge in [-0.2, -0.15) is 0 Å². The molecule has 2 heterocycles. The summed E-state index contributed by atoms with van der Waals surface area (Å²) < 4.78 is 6.25. The fraction of sp³-hybridized carbons (Fsp3) is 1.00. The van der Waals surface area contributed by atoms with Crippen molar-refractivity contribution in [3.05, 3.63) is 0 Å². The number of nitrogens with zero attached hydrogens (tertiary/aromatic N) is 2. The molecule has 2 aliphatic rings. The van der Waals surface area contributed by atoms with Gasteiger partial charge in [-0.1, -0.05) is 0 Å². The molecule has 3 atom stereocenters. The Morgan fingerprint density at radius 2 is 1.90 bits per heavy atom. The minimum absolute atomic E-state index is 0.0570. The largest absolute Gasteiger partial charge is 0.369 e. The van der Waals surface area contributed by atoms with E-state index < -0.39 is 0 Å². The SMILES string of the molecule is CN1CCN(C)C(CC(NN)C2CC(C)(C)OC2(C)C)C1. The number of nitrogens with two attached hydrogens (primary N) is 1. The number of ether oxygens (including phenoxy) is 1. The van der Waals surface area contributed by atoms with Gasteiger partial charge >= 0.3 is 0 Å². The van der Waals surface area contributed by atoms with E-state index in [1.807, 2.05) is 0 Å². The van der Waals surface area contributed by atoms with E-state index in [0.29, 0.717) is 18.0 Å². The highest BCUT2D eigenvalue weighted by Gasteiger charge is 2.49. The van der Waals surface area contributed by atoms with Gasteiger partial charge in [0.1, 0.15) is 0 Å². The Bertz CT molecular complexity index is 358. The van der Waals surface area contributed by atoms with E-state index >= 15 is 0 Å². The maximum absolute atomic E-state index is 6.25. The highest BCUT2D eigenvalue weighted by atomic mass is 16.5. The number of rotatable bonds is 4. The van der Waals surface area contributed by atoms with E-state index in [9.17, 15) is 0 Å². The molecule has 0 aromatic rings. The van der Waals surface area contributed by atoms with Gasteiger partial charge in [0.25, 0.3) is 0 Å². The Balaban J connectivity index is 2.06. The van der Waals surface area contributed by atoms with Crippen molar-refractivity contribution in [1.82, 2.24) is 15.2 Å². The Hall–Kier alpha value is -0.200. The summed E-state index contributed by atoms with van der Waals surface area (Å²) in [5.74, 6) is 6.36. The molecule has 0 aromatic carbocycles. The predicted molar refractivity (Wildman–Crippen MR) is 87.0 cm³/mol. The standard InChI is InChI=1S/C16H34N4O/c1-15(2)10-13(16(3,4)21-15)14(18-17)9-12-11-19(5)7-8-20(12)6/h12-14,18H,7-11,17H2,1-6H3. The smallest absolute Gasteiger partial charge is 0.0678 e. The molecule has 0 amide bonds. The first-order valence-electron chi connectivity index (χ1n) is 8.20. The van der Waals surface area contributed by atoms with Crippen molar-refractivity contribution in [1.29, 1.82) is 0 Å². The zero-order valence-corrected chi connectivity index (χ0v) is 14.6. The summed E-state index contributed by atoms with van der Waals surface area (Å²) in [5, 5.41) is 0. The van der Waals surface area contributed by atoms with Gasteiger partial charge in [-0.15, -0.1) is 0 Å². The van der Waals surface area contributed by atoms with Gasteiger partial charge in [0.2, 0.25) is 0 Å². The second-order valence-electron chi connectivity index (χ2n) is 8.18. The summed E-state index contributed by atoms with van der Waals surface area (Å²) in [6, 6.07) is 0.852. The van der Waals surface area contributed by atoms with Crippen LogP contribution in [0.1, 0.15) is 40.5 Å². The van der Waals surface area contributed by atoms with Gasteiger partial charge < -0.3 is 14.5 Å². The zero-order chi connectivity index (χ0) is 15.8. The van der Waals surface area contributed by atoms with E-state index in [1.54, 1.807) is 0 Å². The maximum atomic E-state index is 6.25. The molecular formula is C16H34N4O. The molecule has 3 unspecified atom stereocenters. The topological polar surface area (TPSA) is 53.8 Å². The van der Waals surface area contributed by atoms with Crippen LogP contribution in [0.25, 0.3) is 0 Å². The quantitative estimate of drug-likeness (QED) is 0.600. The average Bonchev–Trinajstić information content (AvgIpc) is 2.58. The lowest BCUT2D eigenvalue weighted by Gasteiger charge is -2.41. The summed E-state index contributed by atoms with van der Waals surface area (Å²) in [4.78, 5) is 4.89. The number of hydrogen-bond donors (Lipinski definition) is 2. The third-order valence-corrected chi connectivity index (χ3v) is 5.35. The molecule has 3 N–H and O–H groups in total. The zero-order valence-electron chi connectivity index (χ0n) is 14.6. The normalized spacial score (nSPS) is 35.0. The first-order valence-corrected chi connectivity index (χ1v) is 8.20. The minimum Gasteiger partial charge on any atom is -0.369 e. The predicted octanol–water partition coefficient (Wildman–Crippen LogP) is 1.05. The molecule has 2 saturated heterocycles. The van der Waals surface area contributed by atoms with Crippen LogP contribution in [-0.4, -0.2) is 66.8 Å². The van der Waals surface area contributed by atoms with Crippen molar-refractivity contribution in [2.45, 2.75) is 63.8 Å². The van der Waals surface area contributed by atoms with Gasteiger partial charge in [0.15, 0.2) is 0 Å². The lowest BCUT2D eigenvalue weighted by Crippen LogP contribution is -2.55. The minimum atomic E-state index is -0.125. The molecule has 0 radical (unpaired) electrons. The van der Waals surface area contributed by atoms with Crippen LogP contribution in [0.5, 0.6) is 0 Å². The van der Waals surface area contributed by atoms with E-state index in [2.05, 4.69) is 57.0 Å². The van der Waals surface area contributed by atoms with Crippen molar-refractivity contribution in [2.75, 3.05) is 33.7 Å². The van der Waals surface area contributed by atoms with Gasteiger partial charge in [-0.3, -0.25) is 11.3 Å². The molecule has 21 heavy (non-hydrogen) atoms. The Morgan fingerprint density at radius 1 is 1.24 bits per heavy atom. The summed E-state index contributed by atoms with van der Waals surface area (Å²) in [7, 11) is 4.43. The molecule has 0 spiro atoms. The highest BCUT2D eigenvalue weighted by Crippen LogP contribution is 2.44. The maximum Gasteiger partial charge on any atom is 0.0678 e. The second kappa shape index (κ2) is 6.13. The number of hydrazine groups is 1. The first kappa shape index (κ1) is 17.2. The van der Waals surface area contributed by atoms with Gasteiger partial charge in [0.05, 0.1) is 11.2 Å². The lowest BCUT2D eigenvalue weighted by molar-refractivity contribution is -0.0788.